The second-order valence-electron chi connectivity index (χ2n) is 7.65. The largest absolute Gasteiger partial charge is 0.480 e. The Morgan fingerprint density at radius 3 is 2.39 bits per heavy atom. The summed E-state index contributed by atoms with van der Waals surface area (Å²) >= 11 is 3.44. The molecule has 1 saturated heterocycles. The van der Waals surface area contributed by atoms with E-state index in [4.69, 9.17) is 4.74 Å². The molecular weight excluding hydrogens is 436 g/mol. The van der Waals surface area contributed by atoms with Gasteiger partial charge in [-0.05, 0) is 39.2 Å². The molecular formula is C22H32N2O5S2. The molecule has 1 aromatic rings. The van der Waals surface area contributed by atoms with Crippen LogP contribution in [-0.4, -0.2) is 63.3 Å². The number of ether oxygens (including phenoxy) is 1. The Labute approximate surface area is 192 Å². The molecule has 1 amide bonds. The molecule has 31 heavy (non-hydrogen) atoms. The van der Waals surface area contributed by atoms with Gasteiger partial charge in [-0.15, -0.1) is 23.5 Å². The molecule has 0 radical (unpaired) electrons. The van der Waals surface area contributed by atoms with Gasteiger partial charge in [-0.1, -0.05) is 30.3 Å². The number of amides is 1. The van der Waals surface area contributed by atoms with E-state index in [9.17, 15) is 19.5 Å². The maximum atomic E-state index is 12.7. The lowest BCUT2D eigenvalue weighted by Crippen LogP contribution is -2.54. The SMILES string of the molecule is CCOC(=O)[C@H](CCc1ccccc1)NC(C)C(=O)N[C@@H](CC1(C)SCCS1)C(=O)O. The molecule has 0 aromatic heterocycles. The Morgan fingerprint density at radius 2 is 1.81 bits per heavy atom. The second-order valence-corrected chi connectivity index (χ2v) is 11.1. The van der Waals surface area contributed by atoms with Crippen LogP contribution in [0.4, 0.5) is 0 Å². The second kappa shape index (κ2) is 12.4. The van der Waals surface area contributed by atoms with Gasteiger partial charge in [-0.25, -0.2) is 4.79 Å². The molecule has 1 unspecified atom stereocenters. The number of aliphatic carboxylic acids is 1. The normalized spacial score (nSPS) is 18.0. The number of hydrogen-bond donors (Lipinski definition) is 3. The van der Waals surface area contributed by atoms with Crippen LogP contribution in [0.5, 0.6) is 0 Å². The highest BCUT2D eigenvalue weighted by Gasteiger charge is 2.37. The molecule has 0 saturated carbocycles. The predicted molar refractivity (Wildman–Crippen MR) is 125 cm³/mol. The van der Waals surface area contributed by atoms with E-state index in [1.165, 1.54) is 0 Å². The number of thioether (sulfide) groups is 2. The first kappa shape index (κ1) is 25.5. The third-order valence-corrected chi connectivity index (χ3v) is 8.40. The highest BCUT2D eigenvalue weighted by atomic mass is 32.2. The van der Waals surface area contributed by atoms with E-state index < -0.39 is 36.0 Å². The molecule has 2 rings (SSSR count). The Kier molecular flexibility index (Phi) is 10.2. The van der Waals surface area contributed by atoms with Crippen molar-refractivity contribution in [1.82, 2.24) is 10.6 Å². The molecule has 1 aliphatic rings. The lowest BCUT2D eigenvalue weighted by molar-refractivity contribution is -0.147. The fourth-order valence-corrected chi connectivity index (χ4v) is 6.32. The number of benzene rings is 1. The van der Waals surface area contributed by atoms with Crippen LogP contribution in [0.3, 0.4) is 0 Å². The van der Waals surface area contributed by atoms with Crippen LogP contribution < -0.4 is 10.6 Å². The van der Waals surface area contributed by atoms with E-state index in [0.717, 1.165) is 17.1 Å². The van der Waals surface area contributed by atoms with Crippen molar-refractivity contribution in [1.29, 1.82) is 0 Å². The van der Waals surface area contributed by atoms with Gasteiger partial charge in [0.2, 0.25) is 5.91 Å². The predicted octanol–water partition coefficient (Wildman–Crippen LogP) is 2.68. The Bertz CT molecular complexity index is 741. The van der Waals surface area contributed by atoms with Crippen molar-refractivity contribution < 1.29 is 24.2 Å². The summed E-state index contributed by atoms with van der Waals surface area (Å²) in [4.78, 5) is 36.9. The summed E-state index contributed by atoms with van der Waals surface area (Å²) in [5.74, 6) is 0.0300. The molecule has 7 nitrogen and oxygen atoms in total. The smallest absolute Gasteiger partial charge is 0.326 e. The van der Waals surface area contributed by atoms with Crippen molar-refractivity contribution in [3.8, 4) is 0 Å². The number of rotatable bonds is 12. The molecule has 1 aromatic carbocycles. The molecule has 1 aliphatic heterocycles. The highest BCUT2D eigenvalue weighted by Crippen LogP contribution is 2.46. The van der Waals surface area contributed by atoms with E-state index in [2.05, 4.69) is 10.6 Å². The van der Waals surface area contributed by atoms with Crippen LogP contribution in [0, 0.1) is 0 Å². The van der Waals surface area contributed by atoms with Crippen molar-refractivity contribution in [2.75, 3.05) is 18.1 Å². The Morgan fingerprint density at radius 1 is 1.16 bits per heavy atom. The first-order valence-electron chi connectivity index (χ1n) is 10.5. The molecule has 9 heteroatoms. The van der Waals surface area contributed by atoms with Gasteiger partial charge in [0.15, 0.2) is 0 Å². The molecule has 0 bridgehead atoms. The number of aryl methyl sites for hydroxylation is 1. The molecule has 0 aliphatic carbocycles. The van der Waals surface area contributed by atoms with E-state index >= 15 is 0 Å². The monoisotopic (exact) mass is 468 g/mol. The fourth-order valence-electron chi connectivity index (χ4n) is 3.39. The van der Waals surface area contributed by atoms with Gasteiger partial charge in [0.25, 0.3) is 0 Å². The third-order valence-electron chi connectivity index (χ3n) is 5.07. The number of carbonyl (C=O) groups excluding carboxylic acids is 2. The van der Waals surface area contributed by atoms with Gasteiger partial charge in [-0.2, -0.15) is 0 Å². The number of nitrogens with one attached hydrogen (secondary N) is 2. The van der Waals surface area contributed by atoms with Gasteiger partial charge in [0.1, 0.15) is 12.1 Å². The van der Waals surface area contributed by atoms with Gasteiger partial charge < -0.3 is 15.2 Å². The first-order valence-corrected chi connectivity index (χ1v) is 12.5. The minimum atomic E-state index is -1.05. The maximum Gasteiger partial charge on any atom is 0.326 e. The summed E-state index contributed by atoms with van der Waals surface area (Å²) in [6.45, 7) is 5.63. The molecule has 3 N–H and O–H groups in total. The Balaban J connectivity index is 1.97. The zero-order valence-electron chi connectivity index (χ0n) is 18.3. The van der Waals surface area contributed by atoms with Gasteiger partial charge in [0.05, 0.1) is 16.7 Å². The summed E-state index contributed by atoms with van der Waals surface area (Å²) in [5, 5.41) is 15.3. The first-order chi connectivity index (χ1) is 14.7. The zero-order valence-corrected chi connectivity index (χ0v) is 19.9. The van der Waals surface area contributed by atoms with Crippen LogP contribution in [0.15, 0.2) is 30.3 Å². The minimum absolute atomic E-state index is 0.226. The summed E-state index contributed by atoms with van der Waals surface area (Å²) < 4.78 is 4.94. The summed E-state index contributed by atoms with van der Waals surface area (Å²) in [5.41, 5.74) is 1.08. The number of carboxylic acid groups (broad SMARTS) is 1. The standard InChI is InChI=1S/C22H32N2O5S2/c1-4-29-21(28)17(11-10-16-8-6-5-7-9-16)23-15(2)19(25)24-18(20(26)27)14-22(3)30-12-13-31-22/h5-9,15,17-18,23H,4,10-14H2,1-3H3,(H,24,25)(H,26,27)/t15?,17-,18-/m0/s1. The van der Waals surface area contributed by atoms with Crippen LogP contribution in [0.2, 0.25) is 0 Å². The van der Waals surface area contributed by atoms with Crippen LogP contribution in [0.25, 0.3) is 0 Å². The number of hydrogen-bond acceptors (Lipinski definition) is 7. The van der Waals surface area contributed by atoms with E-state index in [1.807, 2.05) is 37.3 Å². The van der Waals surface area contributed by atoms with Crippen molar-refractivity contribution in [3.05, 3.63) is 35.9 Å². The molecule has 1 heterocycles. The van der Waals surface area contributed by atoms with E-state index in [1.54, 1.807) is 37.4 Å². The van der Waals surface area contributed by atoms with Crippen LogP contribution >= 0.6 is 23.5 Å². The summed E-state index contributed by atoms with van der Waals surface area (Å²) in [6.07, 6.45) is 1.45. The summed E-state index contributed by atoms with van der Waals surface area (Å²) in [7, 11) is 0. The maximum absolute atomic E-state index is 12.7. The quantitative estimate of drug-likeness (QED) is 0.402. The minimum Gasteiger partial charge on any atom is -0.480 e. The highest BCUT2D eigenvalue weighted by molar-refractivity contribution is 8.21. The molecule has 3 atom stereocenters. The zero-order chi connectivity index (χ0) is 22.9. The lowest BCUT2D eigenvalue weighted by atomic mass is 10.0. The third kappa shape index (κ3) is 8.38. The topological polar surface area (TPSA) is 105 Å². The lowest BCUT2D eigenvalue weighted by Gasteiger charge is -2.28. The molecule has 1 fully saturated rings. The Hall–Kier alpha value is -1.71. The van der Waals surface area contributed by atoms with Gasteiger partial charge in [-0.3, -0.25) is 14.9 Å². The van der Waals surface area contributed by atoms with Gasteiger partial charge in [0, 0.05) is 17.9 Å². The van der Waals surface area contributed by atoms with Crippen LogP contribution in [0.1, 0.15) is 39.2 Å². The van der Waals surface area contributed by atoms with Crippen molar-refractivity contribution >= 4 is 41.4 Å². The van der Waals surface area contributed by atoms with Crippen molar-refractivity contribution in [2.45, 2.75) is 62.2 Å². The number of esters is 1. The molecule has 0 spiro atoms. The average Bonchev–Trinajstić information content (AvgIpc) is 3.17. The number of carboxylic acids is 1. The van der Waals surface area contributed by atoms with Crippen molar-refractivity contribution in [3.63, 3.8) is 0 Å². The van der Waals surface area contributed by atoms with E-state index in [-0.39, 0.29) is 10.7 Å². The summed E-state index contributed by atoms with van der Waals surface area (Å²) in [6, 6.07) is 7.37. The average molecular weight is 469 g/mol. The van der Waals surface area contributed by atoms with Gasteiger partial charge >= 0.3 is 11.9 Å². The fraction of sp³-hybridized carbons (Fsp3) is 0.591. The van der Waals surface area contributed by atoms with E-state index in [0.29, 0.717) is 19.3 Å². The number of carbonyl (C=O) groups is 3. The molecule has 172 valence electrons. The van der Waals surface area contributed by atoms with Crippen LogP contribution in [-0.2, 0) is 25.5 Å². The van der Waals surface area contributed by atoms with Crippen molar-refractivity contribution in [2.24, 2.45) is 0 Å².